The predicted octanol–water partition coefficient (Wildman–Crippen LogP) is 1.49. The van der Waals surface area contributed by atoms with Gasteiger partial charge in [0.05, 0.1) is 0 Å². The minimum Gasteiger partial charge on any atom is -0.366 e. The molecule has 0 aliphatic rings. The Bertz CT molecular complexity index is 479. The van der Waals surface area contributed by atoms with Crippen LogP contribution in [0.4, 0.5) is 0 Å². The van der Waals surface area contributed by atoms with E-state index in [9.17, 15) is 9.59 Å². The maximum Gasteiger partial charge on any atom is 0.243 e. The van der Waals surface area contributed by atoms with Gasteiger partial charge >= 0.3 is 0 Å². The van der Waals surface area contributed by atoms with E-state index in [0.717, 1.165) is 17.2 Å². The summed E-state index contributed by atoms with van der Waals surface area (Å²) in [6.45, 7) is 12.2. The number of nitrogens with two attached hydrogens (primary N) is 3. The largest absolute Gasteiger partial charge is 0.366 e. The number of rotatable bonds is 4. The van der Waals surface area contributed by atoms with Crippen molar-refractivity contribution in [3.8, 4) is 0 Å². The second-order valence-electron chi connectivity index (χ2n) is 3.90. The Morgan fingerprint density at radius 2 is 1.52 bits per heavy atom. The summed E-state index contributed by atoms with van der Waals surface area (Å²) in [6.07, 6.45) is 2.88. The first-order valence-electron chi connectivity index (χ1n) is 6.07. The number of hydrogen-bond donors (Lipinski definition) is 3. The van der Waals surface area contributed by atoms with Crippen molar-refractivity contribution in [3.63, 3.8) is 0 Å². The molecule has 1 aromatic carbocycles. The van der Waals surface area contributed by atoms with Gasteiger partial charge in [-0.15, -0.1) is 0 Å². The summed E-state index contributed by atoms with van der Waals surface area (Å²) in [5, 5.41) is 0. The molecule has 0 aliphatic heterocycles. The van der Waals surface area contributed by atoms with Crippen LogP contribution in [0.2, 0.25) is 0 Å². The van der Waals surface area contributed by atoms with Gasteiger partial charge in [-0.05, 0) is 24.1 Å². The molecule has 0 aromatic heterocycles. The van der Waals surface area contributed by atoms with Crippen molar-refractivity contribution in [2.75, 3.05) is 0 Å². The molecule has 1 rings (SSSR count). The summed E-state index contributed by atoms with van der Waals surface area (Å²) in [6, 6.07) is 8.04. The summed E-state index contributed by atoms with van der Waals surface area (Å²) in [7, 11) is 0. The molecule has 0 saturated heterocycles. The molecule has 114 valence electrons. The molecule has 0 saturated carbocycles. The number of hydrogen-bond acceptors (Lipinski definition) is 3. The fraction of sp³-hybridized carbons (Fsp3) is 0.125. The van der Waals surface area contributed by atoms with Crippen LogP contribution in [0.15, 0.2) is 55.7 Å². The Morgan fingerprint density at radius 3 is 1.71 bits per heavy atom. The average molecular weight is 289 g/mol. The third-order valence-corrected chi connectivity index (χ3v) is 2.07. The van der Waals surface area contributed by atoms with Crippen molar-refractivity contribution in [1.82, 2.24) is 0 Å². The lowest BCUT2D eigenvalue weighted by Gasteiger charge is -1.95. The van der Waals surface area contributed by atoms with E-state index in [1.54, 1.807) is 6.92 Å². The van der Waals surface area contributed by atoms with E-state index in [1.165, 1.54) is 0 Å². The van der Waals surface area contributed by atoms with Gasteiger partial charge in [-0.2, -0.15) is 0 Å². The Kier molecular flexibility index (Phi) is 12.2. The van der Waals surface area contributed by atoms with Crippen LogP contribution in [-0.4, -0.2) is 11.8 Å². The Labute approximate surface area is 125 Å². The smallest absolute Gasteiger partial charge is 0.243 e. The van der Waals surface area contributed by atoms with Crippen LogP contribution >= 0.6 is 0 Å². The van der Waals surface area contributed by atoms with E-state index in [0.29, 0.717) is 12.1 Å². The van der Waals surface area contributed by atoms with E-state index >= 15 is 0 Å². The van der Waals surface area contributed by atoms with E-state index in [1.807, 2.05) is 30.3 Å². The molecule has 0 radical (unpaired) electrons. The Hall–Kier alpha value is -2.66. The molecule has 6 N–H and O–H groups in total. The molecular weight excluding hydrogens is 266 g/mol. The summed E-state index contributed by atoms with van der Waals surface area (Å²) >= 11 is 0. The summed E-state index contributed by atoms with van der Waals surface area (Å²) in [5.74, 6) is -0.917. The van der Waals surface area contributed by atoms with Crippen LogP contribution in [0.25, 0.3) is 6.08 Å². The molecule has 0 heterocycles. The molecular formula is C16H23N3O2. The molecule has 0 unspecified atom stereocenters. The summed E-state index contributed by atoms with van der Waals surface area (Å²) in [4.78, 5) is 19.3. The average Bonchev–Trinajstić information content (AvgIpc) is 2.48. The predicted molar refractivity (Wildman–Crippen MR) is 87.8 cm³/mol. The van der Waals surface area contributed by atoms with Crippen molar-refractivity contribution in [1.29, 1.82) is 0 Å². The molecule has 21 heavy (non-hydrogen) atoms. The lowest BCUT2D eigenvalue weighted by atomic mass is 10.1. The number of carbonyl (C=O) groups is 2. The van der Waals surface area contributed by atoms with Gasteiger partial charge in [-0.25, -0.2) is 0 Å². The standard InChI is InChI=1S/C9H11N.C4H7NO.C3H5NO/c1-2-8-3-5-9(7-10)6-4-8;1-3(2)4(5)6;1-2-3(4)5/h2-6H,1,7,10H2;1H2,2H3,(H2,5,6);2H,1H2,(H2,4,5). The zero-order valence-electron chi connectivity index (χ0n) is 12.3. The Morgan fingerprint density at radius 1 is 1.14 bits per heavy atom. The first kappa shape index (κ1) is 20.7. The summed E-state index contributed by atoms with van der Waals surface area (Å²) < 4.78 is 0. The SMILES string of the molecule is C=C(C)C(N)=O.C=CC(N)=O.C=Cc1ccc(CN)cc1. The van der Waals surface area contributed by atoms with Crippen LogP contribution < -0.4 is 17.2 Å². The van der Waals surface area contributed by atoms with Crippen molar-refractivity contribution in [3.05, 3.63) is 66.8 Å². The zero-order valence-corrected chi connectivity index (χ0v) is 12.3. The minimum atomic E-state index is -0.481. The molecule has 0 aliphatic carbocycles. The monoisotopic (exact) mass is 289 g/mol. The molecule has 5 nitrogen and oxygen atoms in total. The molecule has 0 bridgehead atoms. The summed E-state index contributed by atoms with van der Waals surface area (Å²) in [5.41, 5.74) is 17.3. The molecule has 2 amide bonds. The van der Waals surface area contributed by atoms with Gasteiger partial charge < -0.3 is 17.2 Å². The maximum atomic E-state index is 9.82. The zero-order chi connectivity index (χ0) is 16.8. The molecule has 1 aromatic rings. The third kappa shape index (κ3) is 13.6. The van der Waals surface area contributed by atoms with Gasteiger partial charge in [0.15, 0.2) is 0 Å². The molecule has 0 atom stereocenters. The highest BCUT2D eigenvalue weighted by Crippen LogP contribution is 2.03. The number of amides is 2. The number of carbonyl (C=O) groups excluding carboxylic acids is 2. The highest BCUT2D eigenvalue weighted by Gasteiger charge is 1.87. The topological polar surface area (TPSA) is 112 Å². The van der Waals surface area contributed by atoms with Crippen molar-refractivity contribution in [2.45, 2.75) is 13.5 Å². The van der Waals surface area contributed by atoms with Gasteiger partial charge in [-0.1, -0.05) is 50.1 Å². The lowest BCUT2D eigenvalue weighted by molar-refractivity contribution is -0.115. The second-order valence-corrected chi connectivity index (χ2v) is 3.90. The van der Waals surface area contributed by atoms with Gasteiger partial charge in [0.25, 0.3) is 0 Å². The number of benzene rings is 1. The number of primary amides is 2. The highest BCUT2D eigenvalue weighted by molar-refractivity contribution is 5.90. The van der Waals surface area contributed by atoms with Crippen molar-refractivity contribution in [2.24, 2.45) is 17.2 Å². The van der Waals surface area contributed by atoms with E-state index in [2.05, 4.69) is 25.5 Å². The normalized spacial score (nSPS) is 8.10. The highest BCUT2D eigenvalue weighted by atomic mass is 16.1. The minimum absolute atomic E-state index is 0.398. The van der Waals surface area contributed by atoms with Gasteiger partial charge in [0.2, 0.25) is 11.8 Å². The van der Waals surface area contributed by atoms with Crippen LogP contribution in [0.1, 0.15) is 18.1 Å². The van der Waals surface area contributed by atoms with Gasteiger partial charge in [0.1, 0.15) is 0 Å². The van der Waals surface area contributed by atoms with E-state index < -0.39 is 11.8 Å². The van der Waals surface area contributed by atoms with Crippen molar-refractivity contribution < 1.29 is 9.59 Å². The third-order valence-electron chi connectivity index (χ3n) is 2.07. The molecule has 5 heteroatoms. The van der Waals surface area contributed by atoms with Crippen LogP contribution in [-0.2, 0) is 16.1 Å². The van der Waals surface area contributed by atoms with Gasteiger partial charge in [0, 0.05) is 12.1 Å². The maximum absolute atomic E-state index is 9.82. The van der Waals surface area contributed by atoms with Crippen LogP contribution in [0.3, 0.4) is 0 Å². The fourth-order valence-corrected chi connectivity index (χ4v) is 0.790. The molecule has 0 spiro atoms. The first-order valence-corrected chi connectivity index (χ1v) is 6.07. The van der Waals surface area contributed by atoms with Crippen molar-refractivity contribution >= 4 is 17.9 Å². The van der Waals surface area contributed by atoms with Gasteiger partial charge in [-0.3, -0.25) is 9.59 Å². The van der Waals surface area contributed by atoms with Crippen LogP contribution in [0, 0.1) is 0 Å². The van der Waals surface area contributed by atoms with Crippen LogP contribution in [0.5, 0.6) is 0 Å². The lowest BCUT2D eigenvalue weighted by Crippen LogP contribution is -2.10. The van der Waals surface area contributed by atoms with E-state index in [4.69, 9.17) is 11.5 Å². The molecule has 0 fully saturated rings. The van der Waals surface area contributed by atoms with E-state index in [-0.39, 0.29) is 0 Å². The second kappa shape index (κ2) is 12.4. The fourth-order valence-electron chi connectivity index (χ4n) is 0.790. The first-order chi connectivity index (χ1) is 9.78. The Balaban J connectivity index is 0. The quantitative estimate of drug-likeness (QED) is 0.730.